The zero-order chi connectivity index (χ0) is 16.2. The maximum absolute atomic E-state index is 14.2. The number of Topliss-reactive ketones (excluding diaryl/α,β-unsaturated/α-hetero) is 1. The molecular weight excluding hydrogens is 357 g/mol. The molecular formula is C19H17BrFNO. The van der Waals surface area contributed by atoms with Crippen molar-refractivity contribution in [2.75, 3.05) is 13.1 Å². The van der Waals surface area contributed by atoms with Crippen LogP contribution in [0, 0.1) is 5.82 Å². The Balaban J connectivity index is 1.69. The van der Waals surface area contributed by atoms with Crippen LogP contribution >= 0.6 is 15.9 Å². The molecule has 0 fully saturated rings. The lowest BCUT2D eigenvalue weighted by atomic mass is 10.0. The summed E-state index contributed by atoms with van der Waals surface area (Å²) in [5, 5.41) is 0. The van der Waals surface area contributed by atoms with Crippen LogP contribution in [0.2, 0.25) is 0 Å². The first-order chi connectivity index (χ1) is 11.1. The Morgan fingerprint density at radius 1 is 1.17 bits per heavy atom. The first-order valence-electron chi connectivity index (χ1n) is 7.57. The monoisotopic (exact) mass is 373 g/mol. The fourth-order valence-electron chi connectivity index (χ4n) is 2.82. The molecule has 2 nitrogen and oxygen atoms in total. The van der Waals surface area contributed by atoms with Crippen LogP contribution < -0.4 is 0 Å². The molecule has 0 radical (unpaired) electrons. The third-order valence-corrected chi connectivity index (χ3v) is 4.68. The number of hydrogen-bond donors (Lipinski definition) is 0. The number of halogens is 2. The van der Waals surface area contributed by atoms with Crippen molar-refractivity contribution in [1.82, 2.24) is 4.90 Å². The van der Waals surface area contributed by atoms with Gasteiger partial charge in [-0.2, -0.15) is 0 Å². The van der Waals surface area contributed by atoms with Crippen LogP contribution in [0.25, 0.3) is 0 Å². The van der Waals surface area contributed by atoms with E-state index in [0.717, 1.165) is 6.54 Å². The molecule has 0 saturated carbocycles. The molecule has 3 rings (SSSR count). The van der Waals surface area contributed by atoms with Crippen LogP contribution in [0.15, 0.2) is 65.2 Å². The van der Waals surface area contributed by atoms with Gasteiger partial charge in [-0.05, 0) is 34.0 Å². The van der Waals surface area contributed by atoms with Crippen molar-refractivity contribution in [2.45, 2.75) is 12.5 Å². The molecule has 1 atom stereocenters. The smallest absolute Gasteiger partial charge is 0.176 e. The zero-order valence-corrected chi connectivity index (χ0v) is 14.2. The summed E-state index contributed by atoms with van der Waals surface area (Å²) in [7, 11) is 0. The number of ketones is 1. The average Bonchev–Trinajstić information content (AvgIpc) is 2.99. The highest BCUT2D eigenvalue weighted by molar-refractivity contribution is 9.10. The van der Waals surface area contributed by atoms with Crippen LogP contribution in [0.4, 0.5) is 4.39 Å². The Labute approximate surface area is 143 Å². The molecule has 0 aromatic heterocycles. The maximum Gasteiger partial charge on any atom is 0.176 e. The molecule has 1 unspecified atom stereocenters. The first-order valence-corrected chi connectivity index (χ1v) is 8.36. The third-order valence-electron chi connectivity index (χ3n) is 4.07. The summed E-state index contributed by atoms with van der Waals surface area (Å²) in [5.74, 6) is -0.129. The molecule has 0 N–H and O–H groups in total. The summed E-state index contributed by atoms with van der Waals surface area (Å²) in [6, 6.07) is 14.7. The third kappa shape index (κ3) is 3.77. The molecule has 2 aromatic rings. The molecule has 1 aliphatic rings. The minimum absolute atomic E-state index is 0.0477. The Kier molecular flexibility index (Phi) is 5.03. The minimum Gasteiger partial charge on any atom is -0.293 e. The van der Waals surface area contributed by atoms with E-state index in [4.69, 9.17) is 0 Å². The maximum atomic E-state index is 14.2. The highest BCUT2D eigenvalue weighted by atomic mass is 79.9. The summed E-state index contributed by atoms with van der Waals surface area (Å²) in [6.45, 7) is 1.07. The molecule has 0 amide bonds. The summed E-state index contributed by atoms with van der Waals surface area (Å²) in [6.07, 6.45) is 4.65. The number of carbonyl (C=O) groups excluding carboxylic acids is 1. The van der Waals surface area contributed by atoms with Gasteiger partial charge in [0.15, 0.2) is 5.78 Å². The van der Waals surface area contributed by atoms with Crippen LogP contribution in [0.3, 0.4) is 0 Å². The fourth-order valence-corrected chi connectivity index (χ4v) is 3.23. The lowest BCUT2D eigenvalue weighted by molar-refractivity contribution is 0.0927. The second-order valence-corrected chi connectivity index (χ2v) is 6.49. The highest BCUT2D eigenvalue weighted by Crippen LogP contribution is 2.23. The van der Waals surface area contributed by atoms with Gasteiger partial charge in [0.1, 0.15) is 5.82 Å². The summed E-state index contributed by atoms with van der Waals surface area (Å²) in [5.41, 5.74) is 1.37. The van der Waals surface area contributed by atoms with E-state index in [1.807, 2.05) is 42.5 Å². The highest BCUT2D eigenvalue weighted by Gasteiger charge is 2.24. The number of rotatable bonds is 5. The Morgan fingerprint density at radius 3 is 2.74 bits per heavy atom. The van der Waals surface area contributed by atoms with Crippen molar-refractivity contribution in [3.05, 3.63) is 82.1 Å². The van der Waals surface area contributed by atoms with Gasteiger partial charge in [-0.3, -0.25) is 9.69 Å². The van der Waals surface area contributed by atoms with E-state index in [1.54, 1.807) is 12.1 Å². The number of hydrogen-bond acceptors (Lipinski definition) is 2. The number of benzene rings is 2. The van der Waals surface area contributed by atoms with E-state index in [2.05, 4.69) is 26.9 Å². The second kappa shape index (κ2) is 7.20. The van der Waals surface area contributed by atoms with Crippen molar-refractivity contribution in [3.8, 4) is 0 Å². The van der Waals surface area contributed by atoms with Crippen molar-refractivity contribution < 1.29 is 9.18 Å². The Morgan fingerprint density at radius 2 is 1.96 bits per heavy atom. The van der Waals surface area contributed by atoms with Crippen LogP contribution in [-0.4, -0.2) is 29.8 Å². The van der Waals surface area contributed by atoms with Gasteiger partial charge in [-0.15, -0.1) is 0 Å². The van der Waals surface area contributed by atoms with Gasteiger partial charge in [0.25, 0.3) is 0 Å². The molecule has 2 aromatic carbocycles. The molecule has 0 saturated heterocycles. The zero-order valence-electron chi connectivity index (χ0n) is 12.6. The van der Waals surface area contributed by atoms with Gasteiger partial charge in [-0.25, -0.2) is 4.39 Å². The second-order valence-electron chi connectivity index (χ2n) is 5.63. The van der Waals surface area contributed by atoms with Gasteiger partial charge >= 0.3 is 0 Å². The van der Waals surface area contributed by atoms with E-state index < -0.39 is 0 Å². The lowest BCUT2D eigenvalue weighted by Crippen LogP contribution is -2.36. The molecule has 0 bridgehead atoms. The van der Waals surface area contributed by atoms with Crippen LogP contribution in [0.1, 0.15) is 15.9 Å². The van der Waals surface area contributed by atoms with E-state index in [1.165, 1.54) is 0 Å². The van der Waals surface area contributed by atoms with Crippen molar-refractivity contribution in [1.29, 1.82) is 0 Å². The molecule has 118 valence electrons. The van der Waals surface area contributed by atoms with Gasteiger partial charge in [0.2, 0.25) is 0 Å². The van der Waals surface area contributed by atoms with E-state index in [-0.39, 0.29) is 17.6 Å². The number of nitrogens with zero attached hydrogens (tertiary/aromatic N) is 1. The predicted octanol–water partition coefficient (Wildman–Crippen LogP) is 4.25. The van der Waals surface area contributed by atoms with Gasteiger partial charge in [-0.1, -0.05) is 54.6 Å². The summed E-state index contributed by atoms with van der Waals surface area (Å²) >= 11 is 3.22. The minimum atomic E-state index is -0.220. The SMILES string of the molecule is O=C(CN1CC=CC1Cc1cccc(Br)c1F)c1ccccc1. The predicted molar refractivity (Wildman–Crippen MR) is 93.1 cm³/mol. The number of carbonyl (C=O) groups is 1. The first kappa shape index (κ1) is 16.1. The molecule has 1 aliphatic heterocycles. The molecule has 23 heavy (non-hydrogen) atoms. The molecule has 0 aliphatic carbocycles. The van der Waals surface area contributed by atoms with Crippen molar-refractivity contribution in [3.63, 3.8) is 0 Å². The van der Waals surface area contributed by atoms with Gasteiger partial charge in [0, 0.05) is 18.2 Å². The quantitative estimate of drug-likeness (QED) is 0.576. The van der Waals surface area contributed by atoms with E-state index in [0.29, 0.717) is 28.6 Å². The standard InChI is InChI=1S/C19H17BrFNO/c20-17-10-4-8-15(19(17)21)12-16-9-5-11-22(16)13-18(23)14-6-2-1-3-7-14/h1-10,16H,11-13H2. The fraction of sp³-hybridized carbons (Fsp3) is 0.211. The van der Waals surface area contributed by atoms with Gasteiger partial charge < -0.3 is 0 Å². The summed E-state index contributed by atoms with van der Waals surface area (Å²) < 4.78 is 14.6. The molecule has 4 heteroatoms. The Hall–Kier alpha value is -1.78. The van der Waals surface area contributed by atoms with E-state index in [9.17, 15) is 9.18 Å². The van der Waals surface area contributed by atoms with Crippen molar-refractivity contribution in [2.24, 2.45) is 0 Å². The largest absolute Gasteiger partial charge is 0.293 e. The Bertz CT molecular complexity index is 729. The molecule has 1 heterocycles. The van der Waals surface area contributed by atoms with Crippen molar-refractivity contribution >= 4 is 21.7 Å². The average molecular weight is 374 g/mol. The van der Waals surface area contributed by atoms with Crippen LogP contribution in [0.5, 0.6) is 0 Å². The van der Waals surface area contributed by atoms with Gasteiger partial charge in [0.05, 0.1) is 11.0 Å². The topological polar surface area (TPSA) is 20.3 Å². The summed E-state index contributed by atoms with van der Waals surface area (Å²) in [4.78, 5) is 14.4. The lowest BCUT2D eigenvalue weighted by Gasteiger charge is -2.24. The van der Waals surface area contributed by atoms with E-state index >= 15 is 0 Å². The normalized spacial score (nSPS) is 17.6. The molecule has 0 spiro atoms. The van der Waals surface area contributed by atoms with Crippen LogP contribution in [-0.2, 0) is 6.42 Å².